The molecule has 1 heterocycles. The number of rotatable bonds is 4. The third kappa shape index (κ3) is 2.63. The second kappa shape index (κ2) is 6.44. The number of amides is 1. The van der Waals surface area contributed by atoms with Crippen LogP contribution in [-0.2, 0) is 4.79 Å². The van der Waals surface area contributed by atoms with E-state index >= 15 is 0 Å². The Morgan fingerprint density at radius 2 is 1.54 bits per heavy atom. The first kappa shape index (κ1) is 16.0. The highest BCUT2D eigenvalue weighted by Crippen LogP contribution is 2.46. The van der Waals surface area contributed by atoms with Gasteiger partial charge in [-0.05, 0) is 34.4 Å². The SMILES string of the molecule is O=C(N[C@H](C(=O)O)C1c2ccccc2-c2ccccc21)c1cccnc1. The predicted molar refractivity (Wildman–Crippen MR) is 96.8 cm³/mol. The minimum Gasteiger partial charge on any atom is -0.480 e. The highest BCUT2D eigenvalue weighted by Gasteiger charge is 2.38. The fourth-order valence-electron chi connectivity index (χ4n) is 3.56. The zero-order valence-corrected chi connectivity index (χ0v) is 13.8. The number of pyridine rings is 1. The molecule has 1 amide bonds. The van der Waals surface area contributed by atoms with Crippen molar-refractivity contribution in [1.29, 1.82) is 0 Å². The van der Waals surface area contributed by atoms with Gasteiger partial charge in [0.1, 0.15) is 6.04 Å². The first-order valence-electron chi connectivity index (χ1n) is 8.29. The Morgan fingerprint density at radius 1 is 0.923 bits per heavy atom. The number of aromatic nitrogens is 1. The monoisotopic (exact) mass is 344 g/mol. The number of aliphatic carboxylic acids is 1. The molecule has 1 aromatic heterocycles. The summed E-state index contributed by atoms with van der Waals surface area (Å²) in [5.74, 6) is -1.97. The molecule has 2 aromatic carbocycles. The van der Waals surface area contributed by atoms with Crippen LogP contribution in [0.3, 0.4) is 0 Å². The molecule has 1 atom stereocenters. The van der Waals surface area contributed by atoms with Gasteiger partial charge in [-0.1, -0.05) is 48.5 Å². The van der Waals surface area contributed by atoms with Crippen molar-refractivity contribution < 1.29 is 14.7 Å². The summed E-state index contributed by atoms with van der Waals surface area (Å²) in [7, 11) is 0. The van der Waals surface area contributed by atoms with Gasteiger partial charge in [0.05, 0.1) is 5.56 Å². The van der Waals surface area contributed by atoms with Crippen molar-refractivity contribution >= 4 is 11.9 Å². The highest BCUT2D eigenvalue weighted by atomic mass is 16.4. The molecule has 0 fully saturated rings. The van der Waals surface area contributed by atoms with E-state index in [9.17, 15) is 14.7 Å². The minimum atomic E-state index is -1.08. The molecule has 1 aliphatic rings. The maximum absolute atomic E-state index is 12.5. The van der Waals surface area contributed by atoms with Crippen molar-refractivity contribution in [1.82, 2.24) is 10.3 Å². The number of hydrogen-bond donors (Lipinski definition) is 2. The smallest absolute Gasteiger partial charge is 0.327 e. The summed E-state index contributed by atoms with van der Waals surface area (Å²) in [6.07, 6.45) is 2.99. The van der Waals surface area contributed by atoms with Crippen molar-refractivity contribution in [2.24, 2.45) is 0 Å². The molecular formula is C21H16N2O3. The van der Waals surface area contributed by atoms with E-state index in [2.05, 4.69) is 10.3 Å². The molecule has 0 saturated carbocycles. The number of nitrogens with one attached hydrogen (secondary N) is 1. The predicted octanol–water partition coefficient (Wildman–Crippen LogP) is 3.08. The molecule has 2 N–H and O–H groups in total. The van der Waals surface area contributed by atoms with Crippen LogP contribution in [0.15, 0.2) is 73.1 Å². The van der Waals surface area contributed by atoms with Crippen LogP contribution < -0.4 is 5.32 Å². The Kier molecular flexibility index (Phi) is 3.97. The standard InChI is InChI=1S/C21H16N2O3/c24-20(13-6-5-11-22-12-13)23-19(21(25)26)18-16-9-3-1-7-14(16)15-8-2-4-10-17(15)18/h1-12,18-19H,(H,23,24)(H,25,26)/t19-/m0/s1. The number of hydrogen-bond acceptors (Lipinski definition) is 3. The number of nitrogens with zero attached hydrogens (tertiary/aromatic N) is 1. The molecule has 5 nitrogen and oxygen atoms in total. The van der Waals surface area contributed by atoms with E-state index in [0.29, 0.717) is 5.56 Å². The van der Waals surface area contributed by atoms with Gasteiger partial charge in [0, 0.05) is 18.3 Å². The molecule has 5 heteroatoms. The van der Waals surface area contributed by atoms with Crippen LogP contribution in [0.1, 0.15) is 27.4 Å². The van der Waals surface area contributed by atoms with E-state index in [1.807, 2.05) is 48.5 Å². The van der Waals surface area contributed by atoms with E-state index in [1.165, 1.54) is 6.20 Å². The number of carboxylic acid groups (broad SMARTS) is 1. The summed E-state index contributed by atoms with van der Waals surface area (Å²) in [6, 6.07) is 17.6. The molecule has 0 saturated heterocycles. The van der Waals surface area contributed by atoms with Gasteiger partial charge in [0.15, 0.2) is 0 Å². The molecule has 0 aliphatic heterocycles. The van der Waals surface area contributed by atoms with Crippen LogP contribution in [0.5, 0.6) is 0 Å². The maximum atomic E-state index is 12.5. The van der Waals surface area contributed by atoms with Crippen molar-refractivity contribution in [2.75, 3.05) is 0 Å². The van der Waals surface area contributed by atoms with Gasteiger partial charge in [-0.15, -0.1) is 0 Å². The van der Waals surface area contributed by atoms with Crippen molar-refractivity contribution in [2.45, 2.75) is 12.0 Å². The summed E-state index contributed by atoms with van der Waals surface area (Å²) in [6.45, 7) is 0. The first-order valence-corrected chi connectivity index (χ1v) is 8.29. The third-order valence-corrected chi connectivity index (χ3v) is 4.69. The van der Waals surface area contributed by atoms with Crippen LogP contribution in [0.25, 0.3) is 11.1 Å². The topological polar surface area (TPSA) is 79.3 Å². The molecular weight excluding hydrogens is 328 g/mol. The molecule has 0 radical (unpaired) electrons. The maximum Gasteiger partial charge on any atom is 0.327 e. The fraction of sp³-hybridized carbons (Fsp3) is 0.0952. The summed E-state index contributed by atoms with van der Waals surface area (Å²) in [5.41, 5.74) is 4.17. The summed E-state index contributed by atoms with van der Waals surface area (Å²) in [5, 5.41) is 12.5. The number of carboxylic acids is 1. The van der Waals surface area contributed by atoms with Gasteiger partial charge in [-0.25, -0.2) is 4.79 Å². The van der Waals surface area contributed by atoms with E-state index in [-0.39, 0.29) is 0 Å². The number of carbonyl (C=O) groups is 2. The van der Waals surface area contributed by atoms with E-state index in [0.717, 1.165) is 22.3 Å². The molecule has 1 aliphatic carbocycles. The summed E-state index contributed by atoms with van der Waals surface area (Å²) < 4.78 is 0. The number of benzene rings is 2. The molecule has 0 unspecified atom stereocenters. The lowest BCUT2D eigenvalue weighted by atomic mass is 9.89. The van der Waals surface area contributed by atoms with E-state index < -0.39 is 23.8 Å². The van der Waals surface area contributed by atoms with Crippen LogP contribution in [0, 0.1) is 0 Å². The Balaban J connectivity index is 1.76. The van der Waals surface area contributed by atoms with Gasteiger partial charge < -0.3 is 10.4 Å². The quantitative estimate of drug-likeness (QED) is 0.762. The molecule has 0 spiro atoms. The average Bonchev–Trinajstić information content (AvgIpc) is 3.01. The summed E-state index contributed by atoms with van der Waals surface area (Å²) in [4.78, 5) is 28.5. The second-order valence-corrected chi connectivity index (χ2v) is 6.18. The van der Waals surface area contributed by atoms with Gasteiger partial charge >= 0.3 is 5.97 Å². The third-order valence-electron chi connectivity index (χ3n) is 4.69. The Bertz CT molecular complexity index is 940. The lowest BCUT2D eigenvalue weighted by Gasteiger charge is -2.23. The number of fused-ring (bicyclic) bond motifs is 3. The lowest BCUT2D eigenvalue weighted by molar-refractivity contribution is -0.139. The zero-order valence-electron chi connectivity index (χ0n) is 13.8. The van der Waals surface area contributed by atoms with Crippen LogP contribution in [-0.4, -0.2) is 28.0 Å². The van der Waals surface area contributed by atoms with E-state index in [1.54, 1.807) is 18.3 Å². The molecule has 26 heavy (non-hydrogen) atoms. The minimum absolute atomic E-state index is 0.332. The molecule has 0 bridgehead atoms. The van der Waals surface area contributed by atoms with Gasteiger partial charge in [-0.2, -0.15) is 0 Å². The fourth-order valence-corrected chi connectivity index (χ4v) is 3.56. The Morgan fingerprint density at radius 3 is 2.08 bits per heavy atom. The second-order valence-electron chi connectivity index (χ2n) is 6.18. The van der Waals surface area contributed by atoms with Gasteiger partial charge in [0.2, 0.25) is 0 Å². The van der Waals surface area contributed by atoms with Gasteiger partial charge in [0.25, 0.3) is 5.91 Å². The Hall–Kier alpha value is -3.47. The molecule has 4 rings (SSSR count). The zero-order chi connectivity index (χ0) is 18.1. The highest BCUT2D eigenvalue weighted by molar-refractivity contribution is 5.97. The van der Waals surface area contributed by atoms with Crippen molar-refractivity contribution in [3.05, 3.63) is 89.7 Å². The molecule has 3 aromatic rings. The first-order chi connectivity index (χ1) is 12.7. The average molecular weight is 344 g/mol. The Labute approximate surface area is 150 Å². The molecule has 128 valence electrons. The summed E-state index contributed by atoms with van der Waals surface area (Å²) >= 11 is 0. The van der Waals surface area contributed by atoms with Crippen LogP contribution >= 0.6 is 0 Å². The van der Waals surface area contributed by atoms with Gasteiger partial charge in [-0.3, -0.25) is 9.78 Å². The van der Waals surface area contributed by atoms with E-state index in [4.69, 9.17) is 0 Å². The normalized spacial score (nSPS) is 13.5. The number of carbonyl (C=O) groups excluding carboxylic acids is 1. The van der Waals surface area contributed by atoms with Crippen molar-refractivity contribution in [3.8, 4) is 11.1 Å². The lowest BCUT2D eigenvalue weighted by Crippen LogP contribution is -2.44. The van der Waals surface area contributed by atoms with Crippen LogP contribution in [0.4, 0.5) is 0 Å². The van der Waals surface area contributed by atoms with Crippen LogP contribution in [0.2, 0.25) is 0 Å². The van der Waals surface area contributed by atoms with Crippen molar-refractivity contribution in [3.63, 3.8) is 0 Å². The largest absolute Gasteiger partial charge is 0.480 e.